The molecule has 1 aromatic rings. The van der Waals surface area contributed by atoms with Gasteiger partial charge >= 0.3 is 7.12 Å². The van der Waals surface area contributed by atoms with E-state index < -0.39 is 0 Å². The molecule has 0 aliphatic carbocycles. The Kier molecular flexibility index (Phi) is 4.54. The second-order valence-electron chi connectivity index (χ2n) is 7.79. The number of rotatable bonds is 3. The summed E-state index contributed by atoms with van der Waals surface area (Å²) in [6, 6.07) is 6.28. The van der Waals surface area contributed by atoms with Crippen LogP contribution in [-0.2, 0) is 9.31 Å². The first kappa shape index (κ1) is 17.5. The lowest BCUT2D eigenvalue weighted by Crippen LogP contribution is -2.41. The molecule has 0 radical (unpaired) electrons. The summed E-state index contributed by atoms with van der Waals surface area (Å²) in [4.78, 5) is 2.31. The predicted octanol–water partition coefficient (Wildman–Crippen LogP) is 2.71. The molecule has 0 saturated carbocycles. The summed E-state index contributed by atoms with van der Waals surface area (Å²) in [7, 11) is 3.51. The molecule has 1 fully saturated rings. The first-order valence-electron chi connectivity index (χ1n) is 8.65. The first-order chi connectivity index (χ1) is 11.2. The highest BCUT2D eigenvalue weighted by Crippen LogP contribution is 2.37. The molecule has 1 aromatic carbocycles. The van der Waals surface area contributed by atoms with Gasteiger partial charge in [-0.05, 0) is 58.3 Å². The number of benzene rings is 1. The second kappa shape index (κ2) is 6.21. The van der Waals surface area contributed by atoms with Crippen LogP contribution in [0, 0.1) is 0 Å². The van der Waals surface area contributed by atoms with Crippen molar-refractivity contribution >= 4 is 18.2 Å². The van der Waals surface area contributed by atoms with Crippen molar-refractivity contribution in [2.45, 2.75) is 45.3 Å². The molecule has 5 heteroatoms. The van der Waals surface area contributed by atoms with E-state index in [9.17, 15) is 0 Å². The number of likely N-dealkylation sites (N-methyl/N-ethyl adjacent to an activating group) is 1. The van der Waals surface area contributed by atoms with Crippen molar-refractivity contribution in [3.8, 4) is 5.75 Å². The van der Waals surface area contributed by atoms with Gasteiger partial charge in [-0.1, -0.05) is 18.2 Å². The maximum atomic E-state index is 6.15. The summed E-state index contributed by atoms with van der Waals surface area (Å²) >= 11 is 0. The molecule has 4 nitrogen and oxygen atoms in total. The van der Waals surface area contributed by atoms with Crippen molar-refractivity contribution in [2.75, 3.05) is 27.2 Å². The smallest absolute Gasteiger partial charge is 0.494 e. The number of hydrogen-bond acceptors (Lipinski definition) is 4. The number of methoxy groups -OCH3 is 1. The van der Waals surface area contributed by atoms with Crippen LogP contribution in [0.1, 0.15) is 39.7 Å². The minimum Gasteiger partial charge on any atom is -0.496 e. The van der Waals surface area contributed by atoms with Crippen molar-refractivity contribution in [1.29, 1.82) is 0 Å². The molecule has 0 spiro atoms. The molecule has 0 amide bonds. The second-order valence-corrected chi connectivity index (χ2v) is 7.79. The molecule has 3 rings (SSSR count). The van der Waals surface area contributed by atoms with Crippen LogP contribution in [0.25, 0.3) is 5.57 Å². The molecule has 2 heterocycles. The van der Waals surface area contributed by atoms with Gasteiger partial charge in [0.15, 0.2) is 0 Å². The lowest BCUT2D eigenvalue weighted by molar-refractivity contribution is 0.00578. The van der Waals surface area contributed by atoms with Crippen molar-refractivity contribution in [2.24, 2.45) is 0 Å². The summed E-state index contributed by atoms with van der Waals surface area (Å²) in [6.07, 6.45) is 3.33. The van der Waals surface area contributed by atoms with Crippen molar-refractivity contribution < 1.29 is 14.0 Å². The van der Waals surface area contributed by atoms with Crippen LogP contribution in [0.4, 0.5) is 0 Å². The Morgan fingerprint density at radius 2 is 1.79 bits per heavy atom. The third-order valence-electron chi connectivity index (χ3n) is 5.51. The monoisotopic (exact) mass is 329 g/mol. The lowest BCUT2D eigenvalue weighted by atomic mass is 9.78. The van der Waals surface area contributed by atoms with Gasteiger partial charge in [-0.2, -0.15) is 0 Å². The van der Waals surface area contributed by atoms with E-state index >= 15 is 0 Å². The molecule has 0 aromatic heterocycles. The van der Waals surface area contributed by atoms with Crippen LogP contribution < -0.4 is 10.2 Å². The molecule has 0 N–H and O–H groups in total. The van der Waals surface area contributed by atoms with E-state index in [2.05, 4.69) is 63.9 Å². The van der Waals surface area contributed by atoms with Crippen LogP contribution in [0.5, 0.6) is 5.75 Å². The van der Waals surface area contributed by atoms with Gasteiger partial charge in [0.2, 0.25) is 0 Å². The fourth-order valence-electron chi connectivity index (χ4n) is 3.11. The van der Waals surface area contributed by atoms with E-state index in [0.29, 0.717) is 0 Å². The Balaban J connectivity index is 1.88. The summed E-state index contributed by atoms with van der Waals surface area (Å²) < 4.78 is 18.0. The van der Waals surface area contributed by atoms with Crippen LogP contribution in [0.2, 0.25) is 0 Å². The summed E-state index contributed by atoms with van der Waals surface area (Å²) in [5, 5.41) is 0. The van der Waals surface area contributed by atoms with Gasteiger partial charge in [-0.25, -0.2) is 0 Å². The molecule has 2 aliphatic heterocycles. The third-order valence-corrected chi connectivity index (χ3v) is 5.51. The van der Waals surface area contributed by atoms with Crippen molar-refractivity contribution in [3.05, 3.63) is 29.8 Å². The summed E-state index contributed by atoms with van der Waals surface area (Å²) in [6.45, 7) is 10.3. The number of hydrogen-bond donors (Lipinski definition) is 0. The minimum absolute atomic E-state index is 0.333. The molecule has 0 atom stereocenters. The van der Waals surface area contributed by atoms with E-state index in [-0.39, 0.29) is 18.3 Å². The Labute approximate surface area is 145 Å². The van der Waals surface area contributed by atoms with Gasteiger partial charge < -0.3 is 18.9 Å². The standard InChI is InChI=1S/C19H28BNO3/c1-18(2)19(3,4)24-20(23-18)15-7-8-16(17(13-15)22-6)14-9-11-21(5)12-10-14/h7-9,13H,10-12H2,1-6H3. The highest BCUT2D eigenvalue weighted by Gasteiger charge is 2.51. The van der Waals surface area contributed by atoms with Crippen LogP contribution in [0.15, 0.2) is 24.3 Å². The molecule has 130 valence electrons. The van der Waals surface area contributed by atoms with Gasteiger partial charge in [0.1, 0.15) is 5.75 Å². The SMILES string of the molecule is COc1cc(B2OC(C)(C)C(C)(C)O2)ccc1C1=CCN(C)CC1. The zero-order valence-electron chi connectivity index (χ0n) is 15.7. The first-order valence-corrected chi connectivity index (χ1v) is 8.65. The van der Waals surface area contributed by atoms with Crippen LogP contribution >= 0.6 is 0 Å². The third kappa shape index (κ3) is 3.13. The molecule has 0 bridgehead atoms. The highest BCUT2D eigenvalue weighted by atomic mass is 16.7. The van der Waals surface area contributed by atoms with E-state index in [1.807, 2.05) is 0 Å². The zero-order chi connectivity index (χ0) is 17.5. The largest absolute Gasteiger partial charge is 0.496 e. The molecular weight excluding hydrogens is 301 g/mol. The van der Waals surface area contributed by atoms with E-state index in [1.165, 1.54) is 11.1 Å². The van der Waals surface area contributed by atoms with Gasteiger partial charge in [0.25, 0.3) is 0 Å². The Morgan fingerprint density at radius 1 is 1.12 bits per heavy atom. The maximum absolute atomic E-state index is 6.15. The zero-order valence-corrected chi connectivity index (χ0v) is 15.7. The van der Waals surface area contributed by atoms with Gasteiger partial charge in [0, 0.05) is 18.7 Å². The number of nitrogens with zero attached hydrogens (tertiary/aromatic N) is 1. The number of ether oxygens (including phenoxy) is 1. The fourth-order valence-corrected chi connectivity index (χ4v) is 3.11. The highest BCUT2D eigenvalue weighted by molar-refractivity contribution is 6.62. The molecular formula is C19H28BNO3. The van der Waals surface area contributed by atoms with Gasteiger partial charge in [-0.15, -0.1) is 0 Å². The van der Waals surface area contributed by atoms with Gasteiger partial charge in [-0.3, -0.25) is 0 Å². The molecule has 2 aliphatic rings. The normalized spacial score (nSPS) is 23.2. The Bertz CT molecular complexity index is 638. The molecule has 0 unspecified atom stereocenters. The van der Waals surface area contributed by atoms with E-state index in [1.54, 1.807) is 7.11 Å². The fraction of sp³-hybridized carbons (Fsp3) is 0.579. The van der Waals surface area contributed by atoms with Crippen LogP contribution in [0.3, 0.4) is 0 Å². The lowest BCUT2D eigenvalue weighted by Gasteiger charge is -2.32. The van der Waals surface area contributed by atoms with E-state index in [4.69, 9.17) is 14.0 Å². The topological polar surface area (TPSA) is 30.9 Å². The average Bonchev–Trinajstić information content (AvgIpc) is 2.76. The summed E-state index contributed by atoms with van der Waals surface area (Å²) in [5.41, 5.74) is 2.86. The van der Waals surface area contributed by atoms with Crippen molar-refractivity contribution in [3.63, 3.8) is 0 Å². The minimum atomic E-state index is -0.357. The Morgan fingerprint density at radius 3 is 2.33 bits per heavy atom. The average molecular weight is 329 g/mol. The molecule has 1 saturated heterocycles. The summed E-state index contributed by atoms with van der Waals surface area (Å²) in [5.74, 6) is 0.887. The predicted molar refractivity (Wildman–Crippen MR) is 98.8 cm³/mol. The Hall–Kier alpha value is -1.30. The quantitative estimate of drug-likeness (QED) is 0.798. The van der Waals surface area contributed by atoms with E-state index in [0.717, 1.165) is 30.7 Å². The maximum Gasteiger partial charge on any atom is 0.494 e. The van der Waals surface area contributed by atoms with Gasteiger partial charge in [0.05, 0.1) is 18.3 Å². The van der Waals surface area contributed by atoms with Crippen molar-refractivity contribution in [1.82, 2.24) is 4.90 Å². The molecule has 24 heavy (non-hydrogen) atoms. The van der Waals surface area contributed by atoms with Crippen LogP contribution in [-0.4, -0.2) is 50.5 Å².